The van der Waals surface area contributed by atoms with Gasteiger partial charge in [-0.25, -0.2) is 4.79 Å². The number of hydrogen-bond acceptors (Lipinski definition) is 3. The van der Waals surface area contributed by atoms with Gasteiger partial charge in [0.25, 0.3) is 0 Å². The molecule has 1 rings (SSSR count). The van der Waals surface area contributed by atoms with Gasteiger partial charge in [-0.2, -0.15) is 0 Å². The van der Waals surface area contributed by atoms with E-state index in [0.29, 0.717) is 11.6 Å². The molecule has 0 fully saturated rings. The summed E-state index contributed by atoms with van der Waals surface area (Å²) in [6.45, 7) is 7.86. The van der Waals surface area contributed by atoms with Crippen LogP contribution in [0.1, 0.15) is 19.4 Å². The standard InChI is InChI=1S/C14H21ClN2O2/c1-3-17(4-2)10-9-16-14(18)19-11-12-5-7-13(15)8-6-12/h5-8H,3-4,9-11H2,1-2H3,(H,16,18). The first-order chi connectivity index (χ1) is 9.15. The largest absolute Gasteiger partial charge is 0.445 e. The highest BCUT2D eigenvalue weighted by Gasteiger charge is 2.04. The fourth-order valence-electron chi connectivity index (χ4n) is 1.64. The van der Waals surface area contributed by atoms with Crippen LogP contribution in [0.5, 0.6) is 0 Å². The molecule has 1 N–H and O–H groups in total. The predicted octanol–water partition coefficient (Wildman–Crippen LogP) is 2.91. The summed E-state index contributed by atoms with van der Waals surface area (Å²) in [5, 5.41) is 3.41. The van der Waals surface area contributed by atoms with Crippen molar-refractivity contribution in [1.29, 1.82) is 0 Å². The van der Waals surface area contributed by atoms with Crippen molar-refractivity contribution in [1.82, 2.24) is 10.2 Å². The molecule has 106 valence electrons. The third kappa shape index (κ3) is 6.45. The van der Waals surface area contributed by atoms with Crippen LogP contribution in [-0.4, -0.2) is 37.2 Å². The van der Waals surface area contributed by atoms with Crippen molar-refractivity contribution in [2.45, 2.75) is 20.5 Å². The van der Waals surface area contributed by atoms with E-state index in [1.165, 1.54) is 0 Å². The van der Waals surface area contributed by atoms with Crippen molar-refractivity contribution >= 4 is 17.7 Å². The minimum atomic E-state index is -0.387. The minimum absolute atomic E-state index is 0.258. The van der Waals surface area contributed by atoms with E-state index in [2.05, 4.69) is 24.1 Å². The first-order valence-electron chi connectivity index (χ1n) is 6.53. The normalized spacial score (nSPS) is 10.5. The van der Waals surface area contributed by atoms with E-state index in [0.717, 1.165) is 25.2 Å². The average molecular weight is 285 g/mol. The molecule has 4 nitrogen and oxygen atoms in total. The first-order valence-corrected chi connectivity index (χ1v) is 6.91. The Bertz CT molecular complexity index is 378. The van der Waals surface area contributed by atoms with Gasteiger partial charge >= 0.3 is 6.09 Å². The number of carbonyl (C=O) groups is 1. The second kappa shape index (κ2) is 8.77. The first kappa shape index (κ1) is 15.8. The molecule has 0 unspecified atom stereocenters. The van der Waals surface area contributed by atoms with E-state index in [4.69, 9.17) is 16.3 Å². The van der Waals surface area contributed by atoms with E-state index in [-0.39, 0.29) is 12.7 Å². The number of benzene rings is 1. The molecule has 1 aromatic rings. The summed E-state index contributed by atoms with van der Waals surface area (Å²) in [6.07, 6.45) is -0.387. The average Bonchev–Trinajstić information content (AvgIpc) is 2.43. The number of nitrogens with zero attached hydrogens (tertiary/aromatic N) is 1. The molecule has 0 saturated heterocycles. The van der Waals surface area contributed by atoms with Crippen molar-refractivity contribution in [3.8, 4) is 0 Å². The van der Waals surface area contributed by atoms with Gasteiger partial charge in [-0.05, 0) is 30.8 Å². The number of rotatable bonds is 7. The fraction of sp³-hybridized carbons (Fsp3) is 0.500. The fourth-order valence-corrected chi connectivity index (χ4v) is 1.76. The molecule has 0 atom stereocenters. The molecule has 1 amide bonds. The molecule has 5 heteroatoms. The van der Waals surface area contributed by atoms with E-state index >= 15 is 0 Å². The van der Waals surface area contributed by atoms with Crippen molar-refractivity contribution < 1.29 is 9.53 Å². The number of amides is 1. The van der Waals surface area contributed by atoms with Crippen LogP contribution in [0.15, 0.2) is 24.3 Å². The Morgan fingerprint density at radius 1 is 1.26 bits per heavy atom. The molecule has 0 radical (unpaired) electrons. The van der Waals surface area contributed by atoms with Crippen molar-refractivity contribution in [3.63, 3.8) is 0 Å². The molecule has 0 bridgehead atoms. The van der Waals surface area contributed by atoms with Crippen LogP contribution >= 0.6 is 11.6 Å². The number of hydrogen-bond donors (Lipinski definition) is 1. The number of halogens is 1. The monoisotopic (exact) mass is 284 g/mol. The quantitative estimate of drug-likeness (QED) is 0.837. The molecule has 1 aromatic carbocycles. The molecule has 0 aliphatic carbocycles. The summed E-state index contributed by atoms with van der Waals surface area (Å²) in [4.78, 5) is 13.7. The van der Waals surface area contributed by atoms with Crippen LogP contribution in [0.25, 0.3) is 0 Å². The summed E-state index contributed by atoms with van der Waals surface area (Å²) < 4.78 is 5.11. The second-order valence-corrected chi connectivity index (χ2v) is 4.59. The number of ether oxygens (including phenoxy) is 1. The van der Waals surface area contributed by atoms with Crippen molar-refractivity contribution in [3.05, 3.63) is 34.9 Å². The maximum atomic E-state index is 11.5. The minimum Gasteiger partial charge on any atom is -0.445 e. The van der Waals surface area contributed by atoms with Crippen LogP contribution in [0.3, 0.4) is 0 Å². The van der Waals surface area contributed by atoms with Crippen LogP contribution in [0.4, 0.5) is 4.79 Å². The van der Waals surface area contributed by atoms with Gasteiger partial charge in [0.15, 0.2) is 0 Å². The predicted molar refractivity (Wildman–Crippen MR) is 77.4 cm³/mol. The maximum Gasteiger partial charge on any atom is 0.407 e. The maximum absolute atomic E-state index is 11.5. The SMILES string of the molecule is CCN(CC)CCNC(=O)OCc1ccc(Cl)cc1. The Kier molecular flexibility index (Phi) is 7.30. The van der Waals surface area contributed by atoms with E-state index in [9.17, 15) is 4.79 Å². The number of alkyl carbamates (subject to hydrolysis) is 1. The van der Waals surface area contributed by atoms with Crippen LogP contribution < -0.4 is 5.32 Å². The summed E-state index contributed by atoms with van der Waals surface area (Å²) in [6, 6.07) is 7.23. The lowest BCUT2D eigenvalue weighted by Crippen LogP contribution is -2.35. The highest BCUT2D eigenvalue weighted by atomic mass is 35.5. The van der Waals surface area contributed by atoms with Gasteiger partial charge in [-0.1, -0.05) is 37.6 Å². The van der Waals surface area contributed by atoms with Crippen LogP contribution in [0.2, 0.25) is 5.02 Å². The van der Waals surface area contributed by atoms with Crippen molar-refractivity contribution in [2.24, 2.45) is 0 Å². The molecule has 0 aliphatic heterocycles. The summed E-state index contributed by atoms with van der Waals surface area (Å²) in [5.74, 6) is 0. The molecule has 19 heavy (non-hydrogen) atoms. The highest BCUT2D eigenvalue weighted by Crippen LogP contribution is 2.10. The van der Waals surface area contributed by atoms with E-state index < -0.39 is 0 Å². The zero-order valence-electron chi connectivity index (χ0n) is 11.5. The summed E-state index contributed by atoms with van der Waals surface area (Å²) in [7, 11) is 0. The van der Waals surface area contributed by atoms with Crippen LogP contribution in [0, 0.1) is 0 Å². The molecular formula is C14H21ClN2O2. The Hall–Kier alpha value is -1.26. The van der Waals surface area contributed by atoms with Gasteiger partial charge < -0.3 is 15.0 Å². The number of likely N-dealkylation sites (N-methyl/N-ethyl adjacent to an activating group) is 1. The smallest absolute Gasteiger partial charge is 0.407 e. The van der Waals surface area contributed by atoms with Gasteiger partial charge in [0.2, 0.25) is 0 Å². The van der Waals surface area contributed by atoms with E-state index in [1.54, 1.807) is 12.1 Å². The Balaban J connectivity index is 2.19. The number of carbonyl (C=O) groups excluding carboxylic acids is 1. The van der Waals surface area contributed by atoms with Gasteiger partial charge in [0.05, 0.1) is 0 Å². The molecule has 0 spiro atoms. The van der Waals surface area contributed by atoms with Gasteiger partial charge in [0.1, 0.15) is 6.61 Å². The molecular weight excluding hydrogens is 264 g/mol. The lowest BCUT2D eigenvalue weighted by atomic mass is 10.2. The molecule has 0 saturated carbocycles. The van der Waals surface area contributed by atoms with Gasteiger partial charge in [-0.15, -0.1) is 0 Å². The summed E-state index contributed by atoms with van der Waals surface area (Å²) >= 11 is 5.78. The molecule has 0 heterocycles. The number of nitrogens with one attached hydrogen (secondary N) is 1. The lowest BCUT2D eigenvalue weighted by molar-refractivity contribution is 0.138. The Labute approximate surface area is 119 Å². The Morgan fingerprint density at radius 3 is 2.47 bits per heavy atom. The Morgan fingerprint density at radius 2 is 1.89 bits per heavy atom. The van der Waals surface area contributed by atoms with Crippen molar-refractivity contribution in [2.75, 3.05) is 26.2 Å². The highest BCUT2D eigenvalue weighted by molar-refractivity contribution is 6.30. The third-order valence-electron chi connectivity index (χ3n) is 2.87. The third-order valence-corrected chi connectivity index (χ3v) is 3.13. The molecule has 0 aliphatic rings. The zero-order valence-corrected chi connectivity index (χ0v) is 12.2. The van der Waals surface area contributed by atoms with Gasteiger partial charge in [-0.3, -0.25) is 0 Å². The zero-order chi connectivity index (χ0) is 14.1. The van der Waals surface area contributed by atoms with E-state index in [1.807, 2.05) is 12.1 Å². The van der Waals surface area contributed by atoms with Crippen LogP contribution in [-0.2, 0) is 11.3 Å². The lowest BCUT2D eigenvalue weighted by Gasteiger charge is -2.17. The molecule has 0 aromatic heterocycles. The summed E-state index contributed by atoms with van der Waals surface area (Å²) in [5.41, 5.74) is 0.920. The topological polar surface area (TPSA) is 41.6 Å². The second-order valence-electron chi connectivity index (χ2n) is 4.16. The van der Waals surface area contributed by atoms with Gasteiger partial charge in [0, 0.05) is 18.1 Å².